The number of ether oxygens (including phenoxy) is 2. The molecule has 2 aliphatic rings. The molecule has 2 saturated heterocycles. The van der Waals surface area contributed by atoms with Crippen molar-refractivity contribution in [1.29, 1.82) is 0 Å². The Morgan fingerprint density at radius 1 is 1.31 bits per heavy atom. The standard InChI is InChI=1S/C24H35N3O5/c1-17(2)25-23(30)24-10-8-21(28)27(12-13-31-4)20(24)9-11-26(16-24)22(29)15-32-19-7-5-6-18(3)14-19/h5-7,14,17,20H,8-13,15-16H2,1-4H3,(H,25,30)/t20-,24+/m1/s1. The number of amides is 3. The fourth-order valence-electron chi connectivity index (χ4n) is 4.79. The van der Waals surface area contributed by atoms with Gasteiger partial charge in [-0.1, -0.05) is 12.1 Å². The number of methoxy groups -OCH3 is 1. The van der Waals surface area contributed by atoms with Crippen LogP contribution in [0.4, 0.5) is 0 Å². The van der Waals surface area contributed by atoms with Crippen LogP contribution in [0.15, 0.2) is 24.3 Å². The molecule has 176 valence electrons. The number of nitrogens with zero attached hydrogens (tertiary/aromatic N) is 2. The van der Waals surface area contributed by atoms with E-state index in [4.69, 9.17) is 9.47 Å². The SMILES string of the molecule is COCCN1C(=O)CC[C@]2(C(=O)NC(C)C)CN(C(=O)COc3cccc(C)c3)CC[C@@H]12. The zero-order valence-electron chi connectivity index (χ0n) is 19.6. The van der Waals surface area contributed by atoms with Gasteiger partial charge in [0.2, 0.25) is 11.8 Å². The number of benzene rings is 1. The summed E-state index contributed by atoms with van der Waals surface area (Å²) in [7, 11) is 1.60. The molecule has 3 amide bonds. The quantitative estimate of drug-likeness (QED) is 0.659. The van der Waals surface area contributed by atoms with Crippen LogP contribution in [0.25, 0.3) is 0 Å². The van der Waals surface area contributed by atoms with E-state index in [0.29, 0.717) is 38.3 Å². The number of nitrogens with one attached hydrogen (secondary N) is 1. The second-order valence-electron chi connectivity index (χ2n) is 9.09. The first-order chi connectivity index (χ1) is 15.3. The molecule has 0 aliphatic carbocycles. The number of fused-ring (bicyclic) bond motifs is 1. The van der Waals surface area contributed by atoms with E-state index in [-0.39, 0.29) is 49.4 Å². The molecule has 0 unspecified atom stereocenters. The molecule has 2 heterocycles. The van der Waals surface area contributed by atoms with Crippen LogP contribution in [-0.4, -0.2) is 79.6 Å². The molecule has 3 rings (SSSR count). The first kappa shape index (κ1) is 24.0. The van der Waals surface area contributed by atoms with Crippen LogP contribution >= 0.6 is 0 Å². The maximum Gasteiger partial charge on any atom is 0.260 e. The van der Waals surface area contributed by atoms with Crippen LogP contribution in [0.5, 0.6) is 5.75 Å². The van der Waals surface area contributed by atoms with Gasteiger partial charge in [0.05, 0.1) is 12.0 Å². The Kier molecular flexibility index (Phi) is 7.77. The lowest BCUT2D eigenvalue weighted by Gasteiger charge is -2.53. The van der Waals surface area contributed by atoms with Gasteiger partial charge in [0.15, 0.2) is 6.61 Å². The lowest BCUT2D eigenvalue weighted by Crippen LogP contribution is -2.68. The second-order valence-corrected chi connectivity index (χ2v) is 9.09. The first-order valence-electron chi connectivity index (χ1n) is 11.3. The van der Waals surface area contributed by atoms with Crippen molar-refractivity contribution in [3.63, 3.8) is 0 Å². The minimum Gasteiger partial charge on any atom is -0.484 e. The molecule has 1 aromatic carbocycles. The van der Waals surface area contributed by atoms with Crippen LogP contribution in [-0.2, 0) is 19.1 Å². The molecule has 2 fully saturated rings. The van der Waals surface area contributed by atoms with Gasteiger partial charge in [-0.3, -0.25) is 14.4 Å². The predicted molar refractivity (Wildman–Crippen MR) is 120 cm³/mol. The maximum atomic E-state index is 13.4. The van der Waals surface area contributed by atoms with Crippen molar-refractivity contribution in [2.75, 3.05) is 40.0 Å². The van der Waals surface area contributed by atoms with Gasteiger partial charge >= 0.3 is 0 Å². The van der Waals surface area contributed by atoms with Gasteiger partial charge in [0.25, 0.3) is 5.91 Å². The van der Waals surface area contributed by atoms with Gasteiger partial charge in [-0.15, -0.1) is 0 Å². The third-order valence-corrected chi connectivity index (χ3v) is 6.38. The minimum absolute atomic E-state index is 0.0293. The van der Waals surface area contributed by atoms with Gasteiger partial charge in [0.1, 0.15) is 5.75 Å². The lowest BCUT2D eigenvalue weighted by molar-refractivity contribution is -0.162. The van der Waals surface area contributed by atoms with Crippen molar-refractivity contribution in [3.8, 4) is 5.75 Å². The smallest absolute Gasteiger partial charge is 0.260 e. The molecule has 0 spiro atoms. The van der Waals surface area contributed by atoms with Crippen molar-refractivity contribution >= 4 is 17.7 Å². The zero-order chi connectivity index (χ0) is 23.3. The van der Waals surface area contributed by atoms with Crippen molar-refractivity contribution in [2.24, 2.45) is 5.41 Å². The summed E-state index contributed by atoms with van der Waals surface area (Å²) in [5.41, 5.74) is 0.228. The van der Waals surface area contributed by atoms with Crippen molar-refractivity contribution in [2.45, 2.75) is 52.1 Å². The fourth-order valence-corrected chi connectivity index (χ4v) is 4.79. The highest BCUT2D eigenvalue weighted by molar-refractivity contribution is 5.89. The minimum atomic E-state index is -0.830. The average molecular weight is 446 g/mol. The van der Waals surface area contributed by atoms with Crippen LogP contribution < -0.4 is 10.1 Å². The van der Waals surface area contributed by atoms with Crippen LogP contribution in [0, 0.1) is 12.3 Å². The summed E-state index contributed by atoms with van der Waals surface area (Å²) in [4.78, 5) is 42.6. The Morgan fingerprint density at radius 3 is 2.78 bits per heavy atom. The first-order valence-corrected chi connectivity index (χ1v) is 11.3. The molecule has 1 aromatic rings. The van der Waals surface area contributed by atoms with E-state index in [1.807, 2.05) is 45.0 Å². The second kappa shape index (κ2) is 10.3. The van der Waals surface area contributed by atoms with Gasteiger partial charge in [-0.25, -0.2) is 0 Å². The van der Waals surface area contributed by atoms with E-state index in [2.05, 4.69) is 5.32 Å². The summed E-state index contributed by atoms with van der Waals surface area (Å²) in [6, 6.07) is 7.29. The van der Waals surface area contributed by atoms with E-state index < -0.39 is 5.41 Å². The molecule has 32 heavy (non-hydrogen) atoms. The number of hydrogen-bond donors (Lipinski definition) is 1. The number of carbonyl (C=O) groups is 3. The number of likely N-dealkylation sites (tertiary alicyclic amines) is 2. The highest BCUT2D eigenvalue weighted by atomic mass is 16.5. The van der Waals surface area contributed by atoms with Gasteiger partial charge in [-0.05, 0) is 51.3 Å². The Labute approximate surface area is 190 Å². The normalized spacial score (nSPS) is 23.2. The van der Waals surface area contributed by atoms with Crippen molar-refractivity contribution in [1.82, 2.24) is 15.1 Å². The maximum absolute atomic E-state index is 13.4. The van der Waals surface area contributed by atoms with E-state index >= 15 is 0 Å². The highest BCUT2D eigenvalue weighted by Crippen LogP contribution is 2.42. The summed E-state index contributed by atoms with van der Waals surface area (Å²) < 4.78 is 10.9. The third kappa shape index (κ3) is 5.23. The summed E-state index contributed by atoms with van der Waals surface area (Å²) in [5.74, 6) is 0.448. The molecule has 0 bridgehead atoms. The van der Waals surface area contributed by atoms with Crippen LogP contribution in [0.2, 0.25) is 0 Å². The van der Waals surface area contributed by atoms with Crippen LogP contribution in [0.3, 0.4) is 0 Å². The van der Waals surface area contributed by atoms with E-state index in [1.165, 1.54) is 0 Å². The number of rotatable bonds is 8. The molecule has 2 aliphatic heterocycles. The summed E-state index contributed by atoms with van der Waals surface area (Å²) in [6.07, 6.45) is 1.27. The number of piperidine rings is 2. The molecule has 1 N–H and O–H groups in total. The molecule has 8 heteroatoms. The lowest BCUT2D eigenvalue weighted by atomic mass is 9.68. The van der Waals surface area contributed by atoms with Gasteiger partial charge in [-0.2, -0.15) is 0 Å². The Morgan fingerprint density at radius 2 is 2.09 bits per heavy atom. The van der Waals surface area contributed by atoms with E-state index in [0.717, 1.165) is 5.56 Å². The highest BCUT2D eigenvalue weighted by Gasteiger charge is 2.55. The third-order valence-electron chi connectivity index (χ3n) is 6.38. The average Bonchev–Trinajstić information content (AvgIpc) is 2.76. The molecule has 0 aromatic heterocycles. The molecule has 2 atom stereocenters. The van der Waals surface area contributed by atoms with E-state index in [1.54, 1.807) is 16.9 Å². The molecular formula is C24H35N3O5. The summed E-state index contributed by atoms with van der Waals surface area (Å²) >= 11 is 0. The predicted octanol–water partition coefficient (Wildman–Crippen LogP) is 1.75. The Bertz CT molecular complexity index is 843. The topological polar surface area (TPSA) is 88.2 Å². The van der Waals surface area contributed by atoms with Crippen molar-refractivity contribution < 1.29 is 23.9 Å². The van der Waals surface area contributed by atoms with Gasteiger partial charge in [0, 0.05) is 45.2 Å². The number of carbonyl (C=O) groups excluding carboxylic acids is 3. The monoisotopic (exact) mass is 445 g/mol. The fraction of sp³-hybridized carbons (Fsp3) is 0.625. The van der Waals surface area contributed by atoms with Gasteiger partial charge < -0.3 is 24.6 Å². The largest absolute Gasteiger partial charge is 0.484 e. The van der Waals surface area contributed by atoms with E-state index in [9.17, 15) is 14.4 Å². The summed E-state index contributed by atoms with van der Waals surface area (Å²) in [5, 5.41) is 3.04. The number of aryl methyl sites for hydroxylation is 1. The van der Waals surface area contributed by atoms with Crippen molar-refractivity contribution in [3.05, 3.63) is 29.8 Å². The zero-order valence-corrected chi connectivity index (χ0v) is 19.6. The molecular weight excluding hydrogens is 410 g/mol. The molecule has 0 radical (unpaired) electrons. The molecule has 0 saturated carbocycles. The Hall–Kier alpha value is -2.61. The number of hydrogen-bond acceptors (Lipinski definition) is 5. The summed E-state index contributed by atoms with van der Waals surface area (Å²) in [6.45, 7) is 7.34. The molecule has 8 nitrogen and oxygen atoms in total. The van der Waals surface area contributed by atoms with Crippen LogP contribution in [0.1, 0.15) is 38.7 Å². The Balaban J connectivity index is 1.78.